The van der Waals surface area contributed by atoms with Gasteiger partial charge in [-0.15, -0.1) is 11.3 Å². The van der Waals surface area contributed by atoms with Gasteiger partial charge in [0.05, 0.1) is 5.69 Å². The Kier molecular flexibility index (Phi) is 4.85. The van der Waals surface area contributed by atoms with E-state index in [-0.39, 0.29) is 0 Å². The number of hydrogen-bond acceptors (Lipinski definition) is 4. The predicted molar refractivity (Wildman–Crippen MR) is 91.2 cm³/mol. The number of hydrogen-bond donors (Lipinski definition) is 1. The Balaban J connectivity index is 1.65. The van der Waals surface area contributed by atoms with E-state index in [1.165, 1.54) is 67.3 Å². The highest BCUT2D eigenvalue weighted by atomic mass is 32.1. The third kappa shape index (κ3) is 3.26. The molecule has 1 aromatic rings. The summed E-state index contributed by atoms with van der Waals surface area (Å²) in [4.78, 5) is 8.91. The van der Waals surface area contributed by atoms with Gasteiger partial charge in [0.2, 0.25) is 0 Å². The first-order chi connectivity index (χ1) is 10.3. The van der Waals surface area contributed by atoms with Gasteiger partial charge in [-0.2, -0.15) is 0 Å². The Labute approximate surface area is 133 Å². The van der Waals surface area contributed by atoms with Crippen molar-refractivity contribution in [2.75, 3.05) is 24.5 Å². The van der Waals surface area contributed by atoms with Gasteiger partial charge >= 0.3 is 0 Å². The van der Waals surface area contributed by atoms with Crippen molar-refractivity contribution >= 4 is 16.5 Å². The molecule has 2 fully saturated rings. The Morgan fingerprint density at radius 1 is 1.14 bits per heavy atom. The predicted octanol–water partition coefficient (Wildman–Crippen LogP) is 3.98. The summed E-state index contributed by atoms with van der Waals surface area (Å²) < 4.78 is 0. The van der Waals surface area contributed by atoms with E-state index in [9.17, 15) is 0 Å². The number of anilines is 1. The van der Waals surface area contributed by atoms with Crippen molar-refractivity contribution in [2.24, 2.45) is 5.41 Å². The molecule has 2 aliphatic rings. The summed E-state index contributed by atoms with van der Waals surface area (Å²) in [6.45, 7) is 8.84. The molecule has 1 saturated heterocycles. The van der Waals surface area contributed by atoms with Crippen LogP contribution >= 0.6 is 11.3 Å². The summed E-state index contributed by atoms with van der Waals surface area (Å²) >= 11 is 1.91. The Hall–Kier alpha value is -0.610. The lowest BCUT2D eigenvalue weighted by molar-refractivity contribution is 0.226. The van der Waals surface area contributed by atoms with Gasteiger partial charge in [0, 0.05) is 24.5 Å². The highest BCUT2D eigenvalue weighted by Gasteiger charge is 2.37. The molecule has 2 heterocycles. The largest absolute Gasteiger partial charge is 0.348 e. The first-order valence-corrected chi connectivity index (χ1v) is 9.52. The number of aromatic nitrogens is 1. The highest BCUT2D eigenvalue weighted by molar-refractivity contribution is 7.15. The fourth-order valence-electron chi connectivity index (χ4n) is 3.96. The average Bonchev–Trinajstić information content (AvgIpc) is 3.13. The topological polar surface area (TPSA) is 28.2 Å². The average molecular weight is 308 g/mol. The van der Waals surface area contributed by atoms with Crippen LogP contribution in [0, 0.1) is 5.41 Å². The van der Waals surface area contributed by atoms with Crippen LogP contribution in [0.15, 0.2) is 0 Å². The molecule has 0 atom stereocenters. The quantitative estimate of drug-likeness (QED) is 0.892. The maximum absolute atomic E-state index is 4.92. The summed E-state index contributed by atoms with van der Waals surface area (Å²) in [6, 6.07) is 0. The lowest BCUT2D eigenvalue weighted by atomic mass is 9.77. The van der Waals surface area contributed by atoms with Crippen molar-refractivity contribution < 1.29 is 0 Å². The molecule has 3 rings (SSSR count). The number of aryl methyl sites for hydroxylation is 1. The van der Waals surface area contributed by atoms with Crippen LogP contribution in [0.2, 0.25) is 0 Å². The Bertz CT molecular complexity index is 453. The second-order valence-corrected chi connectivity index (χ2v) is 7.76. The molecule has 1 aliphatic carbocycles. The Morgan fingerprint density at radius 2 is 1.86 bits per heavy atom. The van der Waals surface area contributed by atoms with Crippen LogP contribution in [-0.4, -0.2) is 24.6 Å². The van der Waals surface area contributed by atoms with Gasteiger partial charge in [0.15, 0.2) is 5.13 Å². The molecule has 0 aromatic carbocycles. The van der Waals surface area contributed by atoms with E-state index >= 15 is 0 Å². The van der Waals surface area contributed by atoms with E-state index in [1.807, 2.05) is 11.3 Å². The second kappa shape index (κ2) is 6.66. The van der Waals surface area contributed by atoms with E-state index in [2.05, 4.69) is 24.1 Å². The van der Waals surface area contributed by atoms with Gasteiger partial charge in [-0.3, -0.25) is 0 Å². The highest BCUT2D eigenvalue weighted by Crippen LogP contribution is 2.47. The van der Waals surface area contributed by atoms with E-state index in [0.29, 0.717) is 5.41 Å². The van der Waals surface area contributed by atoms with Gasteiger partial charge < -0.3 is 10.2 Å². The normalized spacial score (nSPS) is 21.3. The first kappa shape index (κ1) is 15.3. The summed E-state index contributed by atoms with van der Waals surface area (Å²) in [7, 11) is 0. The van der Waals surface area contributed by atoms with Crippen molar-refractivity contribution in [3.63, 3.8) is 0 Å². The van der Waals surface area contributed by atoms with Crippen molar-refractivity contribution in [1.29, 1.82) is 0 Å². The number of nitrogens with zero attached hydrogens (tertiary/aromatic N) is 2. The molecule has 1 spiro atoms. The minimum Gasteiger partial charge on any atom is -0.348 e. The van der Waals surface area contributed by atoms with E-state index in [1.54, 1.807) is 0 Å². The summed E-state index contributed by atoms with van der Waals surface area (Å²) in [5.74, 6) is 0. The van der Waals surface area contributed by atoms with Crippen LogP contribution in [0.1, 0.15) is 62.9 Å². The Morgan fingerprint density at radius 3 is 2.48 bits per heavy atom. The van der Waals surface area contributed by atoms with Crippen LogP contribution in [0.3, 0.4) is 0 Å². The summed E-state index contributed by atoms with van der Waals surface area (Å²) in [6.07, 6.45) is 9.70. The molecule has 1 aromatic heterocycles. The zero-order valence-corrected chi connectivity index (χ0v) is 14.4. The molecule has 21 heavy (non-hydrogen) atoms. The fraction of sp³-hybridized carbons (Fsp3) is 0.824. The SMILES string of the molecule is CCNCc1sc(N2CCC3(CCCC3)CC2)nc1CC. The van der Waals surface area contributed by atoms with Crippen molar-refractivity contribution in [3.8, 4) is 0 Å². The summed E-state index contributed by atoms with van der Waals surface area (Å²) in [5, 5.41) is 4.72. The van der Waals surface area contributed by atoms with Crippen molar-refractivity contribution in [2.45, 2.75) is 65.3 Å². The van der Waals surface area contributed by atoms with Gasteiger partial charge in [-0.25, -0.2) is 4.98 Å². The summed E-state index contributed by atoms with van der Waals surface area (Å²) in [5.41, 5.74) is 2.01. The molecule has 118 valence electrons. The standard InChI is InChI=1S/C17H29N3S/c1-3-14-15(13-18-4-2)21-16(19-14)20-11-9-17(10-12-20)7-5-6-8-17/h18H,3-13H2,1-2H3. The molecule has 0 radical (unpaired) electrons. The third-order valence-electron chi connectivity index (χ3n) is 5.40. The zero-order chi connectivity index (χ0) is 14.7. The molecule has 4 heteroatoms. The van der Waals surface area contributed by atoms with E-state index < -0.39 is 0 Å². The maximum Gasteiger partial charge on any atom is 0.185 e. The lowest BCUT2D eigenvalue weighted by Crippen LogP contribution is -2.38. The minimum atomic E-state index is 0.702. The molecular weight excluding hydrogens is 278 g/mol. The molecule has 1 aliphatic heterocycles. The van der Waals surface area contributed by atoms with E-state index in [4.69, 9.17) is 4.98 Å². The number of thiazole rings is 1. The zero-order valence-electron chi connectivity index (χ0n) is 13.6. The molecule has 0 unspecified atom stereocenters. The molecule has 1 N–H and O–H groups in total. The van der Waals surface area contributed by atoms with Gasteiger partial charge in [0.25, 0.3) is 0 Å². The van der Waals surface area contributed by atoms with Crippen molar-refractivity contribution in [1.82, 2.24) is 10.3 Å². The molecule has 3 nitrogen and oxygen atoms in total. The second-order valence-electron chi connectivity index (χ2n) is 6.69. The monoisotopic (exact) mass is 307 g/mol. The lowest BCUT2D eigenvalue weighted by Gasteiger charge is -2.39. The van der Waals surface area contributed by atoms with Crippen LogP contribution in [-0.2, 0) is 13.0 Å². The number of rotatable bonds is 5. The van der Waals surface area contributed by atoms with Crippen LogP contribution < -0.4 is 10.2 Å². The first-order valence-electron chi connectivity index (χ1n) is 8.70. The van der Waals surface area contributed by atoms with Crippen molar-refractivity contribution in [3.05, 3.63) is 10.6 Å². The van der Waals surface area contributed by atoms with Gasteiger partial charge in [0.1, 0.15) is 0 Å². The van der Waals surface area contributed by atoms with Crippen LogP contribution in [0.5, 0.6) is 0 Å². The van der Waals surface area contributed by atoms with Gasteiger partial charge in [-0.05, 0) is 44.1 Å². The fourth-order valence-corrected chi connectivity index (χ4v) is 5.13. The number of nitrogens with one attached hydrogen (secondary N) is 1. The van der Waals surface area contributed by atoms with Crippen LogP contribution in [0.4, 0.5) is 5.13 Å². The third-order valence-corrected chi connectivity index (χ3v) is 6.55. The minimum absolute atomic E-state index is 0.702. The molecule has 1 saturated carbocycles. The van der Waals surface area contributed by atoms with Gasteiger partial charge in [-0.1, -0.05) is 26.7 Å². The number of piperidine rings is 1. The van der Waals surface area contributed by atoms with E-state index in [0.717, 1.165) is 19.5 Å². The smallest absolute Gasteiger partial charge is 0.185 e. The molecule has 0 bridgehead atoms. The molecular formula is C17H29N3S. The molecule has 0 amide bonds. The maximum atomic E-state index is 4.92. The van der Waals surface area contributed by atoms with Crippen LogP contribution in [0.25, 0.3) is 0 Å².